The second-order valence-corrected chi connectivity index (χ2v) is 10.2. The molecule has 0 unspecified atom stereocenters. The maximum atomic E-state index is 13.0. The lowest BCUT2D eigenvalue weighted by atomic mass is 9.79. The average Bonchev–Trinajstić information content (AvgIpc) is 3.75. The van der Waals surface area contributed by atoms with Crippen LogP contribution in [0.5, 0.6) is 5.75 Å². The van der Waals surface area contributed by atoms with Crippen molar-refractivity contribution in [1.29, 1.82) is 0 Å². The first kappa shape index (κ1) is 21.4. The van der Waals surface area contributed by atoms with Crippen molar-refractivity contribution in [2.24, 2.45) is 5.92 Å². The van der Waals surface area contributed by atoms with E-state index < -0.39 is 11.5 Å². The number of ether oxygens (including phenoxy) is 1. The number of nitrogens with one attached hydrogen (secondary N) is 1. The minimum Gasteiger partial charge on any atom is -0.618 e. The van der Waals surface area contributed by atoms with Crippen LogP contribution in [0.3, 0.4) is 0 Å². The van der Waals surface area contributed by atoms with E-state index in [1.165, 1.54) is 0 Å². The van der Waals surface area contributed by atoms with Gasteiger partial charge in [-0.3, -0.25) is 9.48 Å². The molecule has 3 saturated carbocycles. The number of hydrogen-bond donors (Lipinski definition) is 2. The highest BCUT2D eigenvalue weighted by molar-refractivity contribution is 6.04. The Labute approximate surface area is 198 Å². The van der Waals surface area contributed by atoms with Crippen molar-refractivity contribution in [3.8, 4) is 5.75 Å². The fourth-order valence-electron chi connectivity index (χ4n) is 5.47. The Kier molecular flexibility index (Phi) is 5.02. The van der Waals surface area contributed by atoms with Gasteiger partial charge in [0.2, 0.25) is 0 Å². The summed E-state index contributed by atoms with van der Waals surface area (Å²) in [4.78, 5) is 13.0. The maximum absolute atomic E-state index is 13.0. The molecule has 2 N–H and O–H groups in total. The third-order valence-electron chi connectivity index (χ3n) is 7.83. The second-order valence-electron chi connectivity index (χ2n) is 10.2. The van der Waals surface area contributed by atoms with Gasteiger partial charge in [-0.25, -0.2) is 0 Å². The third-order valence-corrected chi connectivity index (χ3v) is 7.83. The van der Waals surface area contributed by atoms with E-state index in [0.717, 1.165) is 67.0 Å². The minimum atomic E-state index is -0.487. The molecule has 0 saturated heterocycles. The number of aliphatic hydroxyl groups is 1. The SMILES string of the molecule is COc1cc2nn(C3CCC(O)(C4CC4)CC3)cc2cc1NC(=O)c1cccc(C2CC2)[n+]1[O-]. The van der Waals surface area contributed by atoms with Gasteiger partial charge in [0.05, 0.1) is 30.0 Å². The number of aromatic nitrogens is 3. The lowest BCUT2D eigenvalue weighted by Crippen LogP contribution is -2.40. The van der Waals surface area contributed by atoms with Crippen LogP contribution >= 0.6 is 0 Å². The van der Waals surface area contributed by atoms with Crippen molar-refractivity contribution in [1.82, 2.24) is 9.78 Å². The van der Waals surface area contributed by atoms with E-state index in [9.17, 15) is 15.1 Å². The summed E-state index contributed by atoms with van der Waals surface area (Å²) in [5.41, 5.74) is 1.53. The Morgan fingerprint density at radius 3 is 2.65 bits per heavy atom. The van der Waals surface area contributed by atoms with Crippen molar-refractivity contribution < 1.29 is 19.4 Å². The van der Waals surface area contributed by atoms with E-state index in [-0.39, 0.29) is 17.7 Å². The number of carbonyl (C=O) groups excluding carboxylic acids is 1. The van der Waals surface area contributed by atoms with E-state index in [1.54, 1.807) is 25.3 Å². The summed E-state index contributed by atoms with van der Waals surface area (Å²) in [6, 6.07) is 9.01. The molecule has 3 aliphatic rings. The summed E-state index contributed by atoms with van der Waals surface area (Å²) in [7, 11) is 1.55. The fourth-order valence-corrected chi connectivity index (χ4v) is 5.47. The van der Waals surface area contributed by atoms with Gasteiger partial charge >= 0.3 is 5.91 Å². The highest BCUT2D eigenvalue weighted by Crippen LogP contribution is 2.49. The van der Waals surface area contributed by atoms with Crippen molar-refractivity contribution in [2.45, 2.75) is 68.9 Å². The number of methoxy groups -OCH3 is 1. The average molecular weight is 463 g/mol. The zero-order valence-corrected chi connectivity index (χ0v) is 19.4. The van der Waals surface area contributed by atoms with Crippen molar-refractivity contribution in [2.75, 3.05) is 12.4 Å². The zero-order valence-electron chi connectivity index (χ0n) is 19.4. The minimum absolute atomic E-state index is 0.0765. The highest BCUT2D eigenvalue weighted by atomic mass is 16.5. The number of hydrogen-bond acceptors (Lipinski definition) is 5. The molecular weight excluding hydrogens is 432 g/mol. The quantitative estimate of drug-likeness (QED) is 0.425. The number of rotatable bonds is 6. The van der Waals surface area contributed by atoms with Gasteiger partial charge in [0, 0.05) is 35.7 Å². The first-order valence-corrected chi connectivity index (χ1v) is 12.3. The van der Waals surface area contributed by atoms with Crippen LogP contribution in [0.4, 0.5) is 5.69 Å². The first-order valence-electron chi connectivity index (χ1n) is 12.3. The van der Waals surface area contributed by atoms with Gasteiger partial charge in [-0.1, -0.05) is 0 Å². The molecule has 0 aliphatic heterocycles. The molecule has 8 nitrogen and oxygen atoms in total. The summed E-state index contributed by atoms with van der Waals surface area (Å²) in [6.07, 6.45) is 9.72. The van der Waals surface area contributed by atoms with Crippen LogP contribution in [-0.4, -0.2) is 33.5 Å². The van der Waals surface area contributed by atoms with Crippen molar-refractivity contribution >= 4 is 22.5 Å². The number of fused-ring (bicyclic) bond motifs is 1. The van der Waals surface area contributed by atoms with Crippen LogP contribution in [0.1, 0.15) is 79.5 Å². The standard InChI is InChI=1S/C26H30N4O4/c1-34-24-14-20-17(15-29(28-20)19-9-11-26(32,12-10-19)18-7-8-18)13-21(24)27-25(31)23-4-2-3-22(30(23)33)16-5-6-16/h2-4,13-16,18-19,32H,5-12H2,1H3,(H,27,31). The van der Waals surface area contributed by atoms with Gasteiger partial charge in [-0.2, -0.15) is 9.83 Å². The first-order chi connectivity index (χ1) is 16.4. The van der Waals surface area contributed by atoms with E-state index in [2.05, 4.69) is 5.32 Å². The predicted molar refractivity (Wildman–Crippen MR) is 127 cm³/mol. The van der Waals surface area contributed by atoms with Crippen LogP contribution in [0.15, 0.2) is 36.5 Å². The van der Waals surface area contributed by atoms with Crippen molar-refractivity contribution in [3.63, 3.8) is 0 Å². The summed E-state index contributed by atoms with van der Waals surface area (Å²) < 4.78 is 8.27. The van der Waals surface area contributed by atoms with E-state index in [1.807, 2.05) is 23.0 Å². The summed E-state index contributed by atoms with van der Waals surface area (Å²) >= 11 is 0. The molecule has 3 aliphatic carbocycles. The van der Waals surface area contributed by atoms with E-state index in [4.69, 9.17) is 9.84 Å². The molecule has 1 amide bonds. The fraction of sp³-hybridized carbons (Fsp3) is 0.500. The summed E-state index contributed by atoms with van der Waals surface area (Å²) in [5, 5.41) is 32.1. The van der Waals surface area contributed by atoms with Crippen LogP contribution in [0, 0.1) is 11.1 Å². The second kappa shape index (κ2) is 7.98. The number of pyridine rings is 1. The van der Waals surface area contributed by atoms with Crippen LogP contribution in [0.25, 0.3) is 10.9 Å². The van der Waals surface area contributed by atoms with Gasteiger partial charge in [-0.05, 0) is 69.4 Å². The predicted octanol–water partition coefficient (Wildman–Crippen LogP) is 4.06. The Morgan fingerprint density at radius 1 is 1.21 bits per heavy atom. The van der Waals surface area contributed by atoms with Crippen LogP contribution < -0.4 is 14.8 Å². The molecule has 0 bridgehead atoms. The molecule has 34 heavy (non-hydrogen) atoms. The molecule has 178 valence electrons. The van der Waals surface area contributed by atoms with Gasteiger partial charge < -0.3 is 20.4 Å². The molecular formula is C26H30N4O4. The Bertz CT molecular complexity index is 1250. The Morgan fingerprint density at radius 2 is 1.97 bits per heavy atom. The van der Waals surface area contributed by atoms with Crippen LogP contribution in [-0.2, 0) is 0 Å². The lowest BCUT2D eigenvalue weighted by molar-refractivity contribution is -0.616. The van der Waals surface area contributed by atoms with E-state index >= 15 is 0 Å². The zero-order chi connectivity index (χ0) is 23.4. The van der Waals surface area contributed by atoms with Crippen molar-refractivity contribution in [3.05, 3.63) is 53.1 Å². The molecule has 0 atom stereocenters. The van der Waals surface area contributed by atoms with Gasteiger partial charge in [-0.15, -0.1) is 0 Å². The number of benzene rings is 1. The number of anilines is 1. The lowest BCUT2D eigenvalue weighted by Gasteiger charge is -2.36. The molecule has 0 radical (unpaired) electrons. The number of nitrogens with zero attached hydrogens (tertiary/aromatic N) is 3. The normalized spacial score (nSPS) is 24.8. The molecule has 1 aromatic carbocycles. The topological polar surface area (TPSA) is 103 Å². The van der Waals surface area contributed by atoms with Gasteiger partial charge in [0.15, 0.2) is 5.69 Å². The summed E-state index contributed by atoms with van der Waals surface area (Å²) in [6.45, 7) is 0. The van der Waals surface area contributed by atoms with Crippen LogP contribution in [0.2, 0.25) is 0 Å². The molecule has 2 aromatic heterocycles. The molecule has 3 aromatic rings. The highest BCUT2D eigenvalue weighted by Gasteiger charge is 2.45. The van der Waals surface area contributed by atoms with Gasteiger partial charge in [0.1, 0.15) is 5.75 Å². The third kappa shape index (κ3) is 3.79. The summed E-state index contributed by atoms with van der Waals surface area (Å²) in [5.74, 6) is 0.767. The molecule has 8 heteroatoms. The largest absolute Gasteiger partial charge is 0.618 e. The Hall–Kier alpha value is -3.13. The van der Waals surface area contributed by atoms with E-state index in [0.29, 0.717) is 23.0 Å². The smallest absolute Gasteiger partial charge is 0.321 e. The maximum Gasteiger partial charge on any atom is 0.321 e. The number of amides is 1. The molecule has 6 rings (SSSR count). The monoisotopic (exact) mass is 462 g/mol. The molecule has 0 spiro atoms. The number of carbonyl (C=O) groups is 1. The van der Waals surface area contributed by atoms with Gasteiger partial charge in [0.25, 0.3) is 5.69 Å². The molecule has 3 fully saturated rings. The Balaban J connectivity index is 1.24. The molecule has 2 heterocycles.